The Morgan fingerprint density at radius 3 is 2.57 bits per heavy atom. The topological polar surface area (TPSA) is 84.6 Å². The molecule has 0 aromatic heterocycles. The molecule has 6 rings (SSSR count). The molecule has 3 aliphatic carbocycles. The molecule has 1 amide bonds. The van der Waals surface area contributed by atoms with Crippen LogP contribution >= 0.6 is 0 Å². The molecular formula is C38H43FN2O3. The van der Waals surface area contributed by atoms with Gasteiger partial charge < -0.3 is 15.1 Å². The lowest BCUT2D eigenvalue weighted by atomic mass is 9.51. The van der Waals surface area contributed by atoms with Crippen LogP contribution in [0.25, 0.3) is 0 Å². The van der Waals surface area contributed by atoms with Crippen molar-refractivity contribution in [2.24, 2.45) is 23.2 Å². The maximum absolute atomic E-state index is 16.1. The van der Waals surface area contributed by atoms with Crippen molar-refractivity contribution in [2.45, 2.75) is 83.0 Å². The van der Waals surface area contributed by atoms with E-state index in [0.29, 0.717) is 42.5 Å². The van der Waals surface area contributed by atoms with Crippen LogP contribution in [0.1, 0.15) is 90.4 Å². The molecule has 7 atom stereocenters. The number of hydrogen-bond acceptors (Lipinski definition) is 4. The van der Waals surface area contributed by atoms with Gasteiger partial charge in [0.2, 0.25) is 0 Å². The molecule has 3 aromatic carbocycles. The Hall–Kier alpha value is -3.69. The zero-order valence-electron chi connectivity index (χ0n) is 25.5. The Bertz CT molecular complexity index is 1500. The molecule has 2 saturated carbocycles. The van der Waals surface area contributed by atoms with E-state index in [1.54, 1.807) is 30.3 Å². The van der Waals surface area contributed by atoms with Crippen LogP contribution in [-0.2, 0) is 13.0 Å². The summed E-state index contributed by atoms with van der Waals surface area (Å²) in [5.74, 6) is 0.791. The molecule has 0 aliphatic heterocycles. The number of carbonyl (C=O) groups excluding carboxylic acids is 1. The van der Waals surface area contributed by atoms with Crippen molar-refractivity contribution in [1.82, 2.24) is 4.90 Å². The lowest BCUT2D eigenvalue weighted by Gasteiger charge is -2.54. The number of rotatable bonds is 9. The number of benzene rings is 3. The molecule has 230 valence electrons. The van der Waals surface area contributed by atoms with Crippen molar-refractivity contribution in [3.8, 4) is 11.8 Å². The van der Waals surface area contributed by atoms with E-state index in [4.69, 9.17) is 5.26 Å². The number of amides is 1. The molecule has 5 nitrogen and oxygen atoms in total. The summed E-state index contributed by atoms with van der Waals surface area (Å²) in [7, 11) is 0. The summed E-state index contributed by atoms with van der Waals surface area (Å²) in [5.41, 5.74) is 3.93. The molecule has 3 aliphatic rings. The first kappa shape index (κ1) is 30.3. The number of unbranched alkanes of at least 4 members (excludes halogenated alkanes) is 2. The highest BCUT2D eigenvalue weighted by molar-refractivity contribution is 5.94. The van der Waals surface area contributed by atoms with Gasteiger partial charge in [-0.15, -0.1) is 0 Å². The number of alkyl halides is 1. The summed E-state index contributed by atoms with van der Waals surface area (Å²) < 4.78 is 16.1. The Morgan fingerprint density at radius 1 is 1.05 bits per heavy atom. The monoisotopic (exact) mass is 594 g/mol. The largest absolute Gasteiger partial charge is 0.508 e. The molecule has 0 spiro atoms. The first-order valence-corrected chi connectivity index (χ1v) is 16.3. The van der Waals surface area contributed by atoms with Crippen molar-refractivity contribution in [1.29, 1.82) is 5.26 Å². The van der Waals surface area contributed by atoms with Gasteiger partial charge >= 0.3 is 0 Å². The van der Waals surface area contributed by atoms with Gasteiger partial charge in [-0.05, 0) is 115 Å². The van der Waals surface area contributed by atoms with E-state index in [-0.39, 0.29) is 28.9 Å². The Balaban J connectivity index is 1.14. The molecule has 44 heavy (non-hydrogen) atoms. The third kappa shape index (κ3) is 5.87. The van der Waals surface area contributed by atoms with Crippen LogP contribution < -0.4 is 0 Å². The third-order valence-electron chi connectivity index (χ3n) is 11.0. The van der Waals surface area contributed by atoms with E-state index in [2.05, 4.69) is 13.0 Å². The number of aromatic hydroxyl groups is 1. The van der Waals surface area contributed by atoms with E-state index in [1.165, 1.54) is 0 Å². The molecule has 3 aromatic rings. The number of halogens is 1. The smallest absolute Gasteiger partial charge is 0.254 e. The number of nitrogens with zero attached hydrogens (tertiary/aromatic N) is 2. The number of aliphatic hydroxyl groups excluding tert-OH is 1. The number of phenolic OH excluding ortho intramolecular Hbond substituents is 1. The number of fused-ring (bicyclic) bond motifs is 5. The molecule has 3 unspecified atom stereocenters. The van der Waals surface area contributed by atoms with Crippen LogP contribution in [-0.4, -0.2) is 39.8 Å². The summed E-state index contributed by atoms with van der Waals surface area (Å²) in [6.07, 6.45) is 5.24. The molecule has 2 N–H and O–H groups in total. The fourth-order valence-corrected chi connectivity index (χ4v) is 8.85. The molecule has 0 saturated heterocycles. The molecular weight excluding hydrogens is 551 g/mol. The first-order chi connectivity index (χ1) is 21.3. The SMILES string of the molecule is C[C@]12C[C@H](F)C3c4ccc(O)cc4C[C@@H](CCCCCN(Cc4ccccc4)C(=O)c4ccc(C#N)cc4)C3C1CC[C@@H]2O. The van der Waals surface area contributed by atoms with Gasteiger partial charge in [0.05, 0.1) is 17.7 Å². The van der Waals surface area contributed by atoms with Crippen molar-refractivity contribution < 1.29 is 19.4 Å². The van der Waals surface area contributed by atoms with Crippen LogP contribution in [0.15, 0.2) is 72.8 Å². The Kier molecular flexibility index (Phi) is 8.78. The van der Waals surface area contributed by atoms with Crippen molar-refractivity contribution >= 4 is 5.91 Å². The van der Waals surface area contributed by atoms with E-state index in [9.17, 15) is 15.0 Å². The van der Waals surface area contributed by atoms with Crippen LogP contribution in [0.3, 0.4) is 0 Å². The average Bonchev–Trinajstić information content (AvgIpc) is 3.33. The van der Waals surface area contributed by atoms with Gasteiger partial charge in [0.1, 0.15) is 11.9 Å². The van der Waals surface area contributed by atoms with Crippen molar-refractivity contribution in [2.75, 3.05) is 6.54 Å². The van der Waals surface area contributed by atoms with E-state index in [1.807, 2.05) is 47.4 Å². The van der Waals surface area contributed by atoms with Crippen molar-refractivity contribution in [3.05, 3.63) is 101 Å². The minimum Gasteiger partial charge on any atom is -0.508 e. The minimum absolute atomic E-state index is 0.0415. The number of hydrogen-bond donors (Lipinski definition) is 2. The summed E-state index contributed by atoms with van der Waals surface area (Å²) in [5, 5.41) is 30.3. The van der Waals surface area contributed by atoms with Crippen LogP contribution in [0.4, 0.5) is 4.39 Å². The van der Waals surface area contributed by atoms with Crippen LogP contribution in [0.5, 0.6) is 5.75 Å². The zero-order valence-corrected chi connectivity index (χ0v) is 25.5. The zero-order chi connectivity index (χ0) is 30.8. The van der Waals surface area contributed by atoms with E-state index in [0.717, 1.165) is 61.6 Å². The number of carbonyl (C=O) groups is 1. The Morgan fingerprint density at radius 2 is 1.82 bits per heavy atom. The molecule has 2 fully saturated rings. The number of aliphatic hydroxyl groups is 1. The van der Waals surface area contributed by atoms with Crippen molar-refractivity contribution in [3.63, 3.8) is 0 Å². The second-order valence-corrected chi connectivity index (χ2v) is 13.6. The van der Waals surface area contributed by atoms with Gasteiger partial charge in [-0.1, -0.05) is 56.2 Å². The average molecular weight is 595 g/mol. The maximum atomic E-state index is 16.1. The van der Waals surface area contributed by atoms with Gasteiger partial charge in [-0.3, -0.25) is 4.79 Å². The van der Waals surface area contributed by atoms with Gasteiger partial charge in [-0.2, -0.15) is 5.26 Å². The standard InChI is InChI=1S/C38H43FN2O3/c1-38-22-33(39)36-31-16-15-30(42)21-29(31)20-28(35(36)32(38)17-18-34(38)43)10-6-3-7-19-41(24-26-8-4-2-5-9-26)37(44)27-13-11-25(23-40)12-14-27/h2,4-5,8-9,11-16,21,28,32-36,42-43H,3,6-7,10,17-20,22,24H2,1H3/t28-,32?,33+,34+,35?,36?,38+/m1/s1. The summed E-state index contributed by atoms with van der Waals surface area (Å²) in [6, 6.07) is 24.4. The second kappa shape index (κ2) is 12.7. The number of nitriles is 1. The van der Waals surface area contributed by atoms with Crippen LogP contribution in [0, 0.1) is 34.5 Å². The highest BCUT2D eigenvalue weighted by Crippen LogP contribution is 2.63. The third-order valence-corrected chi connectivity index (χ3v) is 11.0. The van der Waals surface area contributed by atoms with Gasteiger partial charge in [0.15, 0.2) is 0 Å². The fraction of sp³-hybridized carbons (Fsp3) is 0.474. The highest BCUT2D eigenvalue weighted by Gasteiger charge is 2.59. The lowest BCUT2D eigenvalue weighted by Crippen LogP contribution is -2.51. The summed E-state index contributed by atoms with van der Waals surface area (Å²) in [6.45, 7) is 3.25. The molecule has 0 radical (unpaired) electrons. The summed E-state index contributed by atoms with van der Waals surface area (Å²) >= 11 is 0. The second-order valence-electron chi connectivity index (χ2n) is 13.6. The van der Waals surface area contributed by atoms with Gasteiger partial charge in [0.25, 0.3) is 5.91 Å². The molecule has 0 bridgehead atoms. The highest BCUT2D eigenvalue weighted by atomic mass is 19.1. The summed E-state index contributed by atoms with van der Waals surface area (Å²) in [4.78, 5) is 15.4. The van der Waals surface area contributed by atoms with E-state index >= 15 is 4.39 Å². The Labute approximate surface area is 260 Å². The first-order valence-electron chi connectivity index (χ1n) is 16.3. The quantitative estimate of drug-likeness (QED) is 0.251. The predicted molar refractivity (Wildman–Crippen MR) is 169 cm³/mol. The lowest BCUT2D eigenvalue weighted by molar-refractivity contribution is -0.0722. The number of phenols is 1. The fourth-order valence-electron chi connectivity index (χ4n) is 8.85. The van der Waals surface area contributed by atoms with Gasteiger partial charge in [-0.25, -0.2) is 4.39 Å². The molecule has 6 heteroatoms. The van der Waals surface area contributed by atoms with E-state index < -0.39 is 12.3 Å². The van der Waals surface area contributed by atoms with Gasteiger partial charge in [0, 0.05) is 24.6 Å². The minimum atomic E-state index is -1.00. The predicted octanol–water partition coefficient (Wildman–Crippen LogP) is 7.56. The maximum Gasteiger partial charge on any atom is 0.254 e. The van der Waals surface area contributed by atoms with Crippen LogP contribution in [0.2, 0.25) is 0 Å². The normalized spacial score (nSPS) is 28.8. The molecule has 0 heterocycles.